The first-order chi connectivity index (χ1) is 12.8. The fraction of sp³-hybridized carbons (Fsp3) is 0.316. The number of halogens is 1. The number of hydrogen-bond acceptors (Lipinski definition) is 5. The molecule has 0 fully saturated rings. The fourth-order valence-corrected chi connectivity index (χ4v) is 3.83. The van der Waals surface area contributed by atoms with E-state index < -0.39 is 5.97 Å². The van der Waals surface area contributed by atoms with Crippen molar-refractivity contribution in [3.8, 4) is 0 Å². The van der Waals surface area contributed by atoms with E-state index in [1.54, 1.807) is 6.07 Å². The molecule has 6 nitrogen and oxygen atoms in total. The number of rotatable bonds is 6. The van der Waals surface area contributed by atoms with Gasteiger partial charge < -0.3 is 10.1 Å². The lowest BCUT2D eigenvalue weighted by molar-refractivity contribution is -0.124. The molecule has 0 saturated heterocycles. The van der Waals surface area contributed by atoms with Gasteiger partial charge in [0, 0.05) is 16.5 Å². The van der Waals surface area contributed by atoms with Crippen LogP contribution in [0.15, 0.2) is 30.3 Å². The van der Waals surface area contributed by atoms with Gasteiger partial charge in [0.05, 0.1) is 12.2 Å². The van der Waals surface area contributed by atoms with Crippen molar-refractivity contribution in [2.24, 2.45) is 0 Å². The monoisotopic (exact) mass is 405 g/mol. The van der Waals surface area contributed by atoms with E-state index in [1.165, 1.54) is 11.3 Å². The van der Waals surface area contributed by atoms with Gasteiger partial charge in [0.2, 0.25) is 0 Å². The predicted molar refractivity (Wildman–Crippen MR) is 106 cm³/mol. The molecule has 0 aliphatic rings. The molecular weight excluding hydrogens is 386 g/mol. The van der Waals surface area contributed by atoms with Crippen LogP contribution >= 0.6 is 22.9 Å². The van der Waals surface area contributed by atoms with Crippen molar-refractivity contribution in [2.45, 2.75) is 33.4 Å². The summed E-state index contributed by atoms with van der Waals surface area (Å²) in [7, 11) is 0. The minimum atomic E-state index is -0.507. The summed E-state index contributed by atoms with van der Waals surface area (Å²) in [6.07, 6.45) is 0. The van der Waals surface area contributed by atoms with Crippen molar-refractivity contribution in [3.05, 3.63) is 51.5 Å². The van der Waals surface area contributed by atoms with Crippen LogP contribution in [0.25, 0.3) is 10.2 Å². The summed E-state index contributed by atoms with van der Waals surface area (Å²) in [5, 5.41) is 8.83. The van der Waals surface area contributed by atoms with Crippen molar-refractivity contribution < 1.29 is 14.3 Å². The molecule has 0 radical (unpaired) electrons. The molecule has 2 heterocycles. The highest BCUT2D eigenvalue weighted by molar-refractivity contribution is 7.20. The van der Waals surface area contributed by atoms with E-state index in [4.69, 9.17) is 16.3 Å². The predicted octanol–water partition coefficient (Wildman–Crippen LogP) is 3.79. The van der Waals surface area contributed by atoms with Crippen molar-refractivity contribution >= 4 is 45.0 Å². The Hall–Kier alpha value is -2.38. The lowest BCUT2D eigenvalue weighted by atomic mass is 10.2. The number of benzene rings is 1. The number of fused-ring (bicyclic) bond motifs is 1. The number of nitrogens with one attached hydrogen (secondary N) is 1. The zero-order chi connectivity index (χ0) is 19.6. The van der Waals surface area contributed by atoms with Crippen LogP contribution in [0.1, 0.15) is 34.8 Å². The van der Waals surface area contributed by atoms with Crippen LogP contribution in [-0.2, 0) is 16.1 Å². The average molecular weight is 406 g/mol. The van der Waals surface area contributed by atoms with Gasteiger partial charge in [-0.25, -0.2) is 4.79 Å². The second-order valence-corrected chi connectivity index (χ2v) is 7.96. The number of carbonyl (C=O) groups excluding carboxylic acids is 2. The second kappa shape index (κ2) is 8.10. The summed E-state index contributed by atoms with van der Waals surface area (Å²) < 4.78 is 6.98. The minimum Gasteiger partial charge on any atom is -0.451 e. The highest BCUT2D eigenvalue weighted by Gasteiger charge is 2.18. The van der Waals surface area contributed by atoms with Gasteiger partial charge in [-0.1, -0.05) is 23.7 Å². The first kappa shape index (κ1) is 19.4. The third kappa shape index (κ3) is 4.67. The van der Waals surface area contributed by atoms with Crippen LogP contribution in [0.3, 0.4) is 0 Å². The van der Waals surface area contributed by atoms with E-state index in [9.17, 15) is 9.59 Å². The molecular formula is C19H20ClN3O3S. The fourth-order valence-electron chi connectivity index (χ4n) is 2.65. The van der Waals surface area contributed by atoms with Crippen LogP contribution < -0.4 is 5.32 Å². The van der Waals surface area contributed by atoms with Gasteiger partial charge >= 0.3 is 5.97 Å². The Morgan fingerprint density at radius 3 is 2.67 bits per heavy atom. The molecule has 1 amide bonds. The van der Waals surface area contributed by atoms with Crippen LogP contribution in [0.4, 0.5) is 0 Å². The molecule has 0 saturated carbocycles. The Balaban J connectivity index is 1.76. The van der Waals surface area contributed by atoms with Gasteiger partial charge in [-0.2, -0.15) is 5.10 Å². The number of thiophene rings is 1. The smallest absolute Gasteiger partial charge is 0.348 e. The topological polar surface area (TPSA) is 73.2 Å². The zero-order valence-electron chi connectivity index (χ0n) is 15.3. The summed E-state index contributed by atoms with van der Waals surface area (Å²) in [6.45, 7) is 5.88. The van der Waals surface area contributed by atoms with Gasteiger partial charge in [0.15, 0.2) is 6.61 Å². The Morgan fingerprint density at radius 1 is 1.30 bits per heavy atom. The lowest BCUT2D eigenvalue weighted by Gasteiger charge is -2.08. The normalized spacial score (nSPS) is 11.1. The number of esters is 1. The molecule has 1 N–H and O–H groups in total. The zero-order valence-corrected chi connectivity index (χ0v) is 16.9. The van der Waals surface area contributed by atoms with Crippen molar-refractivity contribution in [2.75, 3.05) is 6.61 Å². The summed E-state index contributed by atoms with van der Waals surface area (Å²) in [6, 6.07) is 9.33. The molecule has 0 aliphatic heterocycles. The summed E-state index contributed by atoms with van der Waals surface area (Å²) in [4.78, 5) is 25.3. The molecule has 8 heteroatoms. The Kier molecular flexibility index (Phi) is 5.82. The molecule has 0 spiro atoms. The van der Waals surface area contributed by atoms with Crippen molar-refractivity contribution in [3.63, 3.8) is 0 Å². The van der Waals surface area contributed by atoms with Crippen molar-refractivity contribution in [1.82, 2.24) is 15.1 Å². The maximum atomic E-state index is 12.3. The van der Waals surface area contributed by atoms with Crippen LogP contribution in [0, 0.1) is 6.92 Å². The summed E-state index contributed by atoms with van der Waals surface area (Å²) >= 11 is 7.24. The molecule has 2 aromatic heterocycles. The lowest BCUT2D eigenvalue weighted by Crippen LogP contribution is -2.33. The SMILES string of the molecule is Cc1nn(Cc2ccc(Cl)cc2)c2sc(C(=O)OCC(=O)NC(C)C)cc12. The standard InChI is InChI=1S/C19H20ClN3O3S/c1-11(2)21-17(24)10-26-19(25)16-8-15-12(3)22-23(18(15)27-16)9-13-4-6-14(20)7-5-13/h4-8,11H,9-10H2,1-3H3,(H,21,24). The number of nitrogens with zero attached hydrogens (tertiary/aromatic N) is 2. The minimum absolute atomic E-state index is 0.00188. The molecule has 3 aromatic rings. The first-order valence-electron chi connectivity index (χ1n) is 8.51. The molecule has 3 rings (SSSR count). The third-order valence-corrected chi connectivity index (χ3v) is 5.22. The first-order valence-corrected chi connectivity index (χ1v) is 9.71. The number of carbonyl (C=O) groups is 2. The van der Waals surface area contributed by atoms with Gasteiger partial charge in [0.25, 0.3) is 5.91 Å². The number of ether oxygens (including phenoxy) is 1. The maximum Gasteiger partial charge on any atom is 0.348 e. The Morgan fingerprint density at radius 2 is 2.00 bits per heavy atom. The van der Waals surface area contributed by atoms with Gasteiger partial charge in [-0.05, 0) is 44.5 Å². The summed E-state index contributed by atoms with van der Waals surface area (Å²) in [5.74, 6) is -0.822. The third-order valence-electron chi connectivity index (χ3n) is 3.84. The molecule has 0 unspecified atom stereocenters. The quantitative estimate of drug-likeness (QED) is 0.633. The maximum absolute atomic E-state index is 12.3. The van der Waals surface area contributed by atoms with Crippen LogP contribution in [0.5, 0.6) is 0 Å². The van der Waals surface area contributed by atoms with Crippen LogP contribution in [-0.4, -0.2) is 34.3 Å². The van der Waals surface area contributed by atoms with Gasteiger partial charge in [-0.3, -0.25) is 9.48 Å². The number of aromatic nitrogens is 2. The van der Waals surface area contributed by atoms with E-state index >= 15 is 0 Å². The number of aryl methyl sites for hydroxylation is 1. The van der Waals surface area contributed by atoms with Crippen molar-refractivity contribution in [1.29, 1.82) is 0 Å². The number of amides is 1. The average Bonchev–Trinajstić information content (AvgIpc) is 3.16. The number of hydrogen-bond donors (Lipinski definition) is 1. The Bertz CT molecular complexity index is 976. The van der Waals surface area contributed by atoms with Gasteiger partial charge in [0.1, 0.15) is 9.71 Å². The molecule has 27 heavy (non-hydrogen) atoms. The molecule has 1 aromatic carbocycles. The van der Waals surface area contributed by atoms with E-state index in [1.807, 2.05) is 49.7 Å². The molecule has 142 valence electrons. The van der Waals surface area contributed by atoms with E-state index in [0.717, 1.165) is 21.5 Å². The molecule has 0 aliphatic carbocycles. The highest BCUT2D eigenvalue weighted by Crippen LogP contribution is 2.29. The van der Waals surface area contributed by atoms with E-state index in [0.29, 0.717) is 16.4 Å². The largest absolute Gasteiger partial charge is 0.451 e. The Labute approximate surface area is 166 Å². The van der Waals surface area contributed by atoms with Gasteiger partial charge in [-0.15, -0.1) is 11.3 Å². The second-order valence-electron chi connectivity index (χ2n) is 6.50. The van der Waals surface area contributed by atoms with E-state index in [-0.39, 0.29) is 18.6 Å². The molecule has 0 atom stereocenters. The highest BCUT2D eigenvalue weighted by atomic mass is 35.5. The van der Waals surface area contributed by atoms with Crippen LogP contribution in [0.2, 0.25) is 5.02 Å². The molecule has 0 bridgehead atoms. The van der Waals surface area contributed by atoms with E-state index in [2.05, 4.69) is 10.4 Å². The summed E-state index contributed by atoms with van der Waals surface area (Å²) in [5.41, 5.74) is 1.90.